The Hall–Kier alpha value is -0.820. The van der Waals surface area contributed by atoms with E-state index in [4.69, 9.17) is 0 Å². The summed E-state index contributed by atoms with van der Waals surface area (Å²) in [5.74, 6) is 0. The van der Waals surface area contributed by atoms with Gasteiger partial charge in [0.1, 0.15) is 0 Å². The number of hydrogen-bond donors (Lipinski definition) is 1. The second kappa shape index (κ2) is 3.08. The highest BCUT2D eigenvalue weighted by Crippen LogP contribution is 2.74. The maximum absolute atomic E-state index is 9.18. The summed E-state index contributed by atoms with van der Waals surface area (Å²) in [6.45, 7) is 0.417. The summed E-state index contributed by atoms with van der Waals surface area (Å²) in [5, 5.41) is 9.18. The Morgan fingerprint density at radius 1 is 1.00 bits per heavy atom. The summed E-state index contributed by atoms with van der Waals surface area (Å²) in [4.78, 5) is 0. The molecule has 0 aromatic heterocycles. The molecule has 1 N–H and O–H groups in total. The quantitative estimate of drug-likeness (QED) is 0.796. The molecule has 3 aliphatic carbocycles. The number of benzene rings is 1. The molecule has 3 fully saturated rings. The first-order valence-corrected chi connectivity index (χ1v) is 5.91. The number of hydrogen-bond acceptors (Lipinski definition) is 1. The Balaban J connectivity index is 1.53. The normalized spacial score (nSPS) is 36.9. The highest BCUT2D eigenvalue weighted by atomic mass is 16.3. The van der Waals surface area contributed by atoms with Gasteiger partial charge in [-0.15, -0.1) is 0 Å². The predicted octanol–water partition coefficient (Wildman–Crippen LogP) is 2.78. The number of aliphatic hydroxyl groups excluding tert-OH is 1. The predicted molar refractivity (Wildman–Crippen MR) is 60.6 cm³/mol. The monoisotopic (exact) mass is 202 g/mol. The summed E-state index contributed by atoms with van der Waals surface area (Å²) >= 11 is 0. The van der Waals surface area contributed by atoms with Crippen molar-refractivity contribution in [2.75, 3.05) is 6.61 Å². The Morgan fingerprint density at radius 2 is 1.67 bits per heavy atom. The van der Waals surface area contributed by atoms with Gasteiger partial charge in [-0.2, -0.15) is 0 Å². The van der Waals surface area contributed by atoms with Gasteiger partial charge in [0.25, 0.3) is 0 Å². The van der Waals surface area contributed by atoms with E-state index in [2.05, 4.69) is 30.3 Å². The molecular formula is C14H18O. The van der Waals surface area contributed by atoms with E-state index >= 15 is 0 Å². The van der Waals surface area contributed by atoms with Gasteiger partial charge in [-0.25, -0.2) is 0 Å². The zero-order chi connectivity index (χ0) is 10.4. The lowest BCUT2D eigenvalue weighted by Crippen LogP contribution is -2.63. The van der Waals surface area contributed by atoms with E-state index in [0.29, 0.717) is 17.4 Å². The van der Waals surface area contributed by atoms with Gasteiger partial charge in [0, 0.05) is 6.61 Å². The van der Waals surface area contributed by atoms with Crippen molar-refractivity contribution >= 4 is 0 Å². The van der Waals surface area contributed by atoms with Crippen molar-refractivity contribution in [3.63, 3.8) is 0 Å². The van der Waals surface area contributed by atoms with Crippen LogP contribution in [0.1, 0.15) is 31.2 Å². The van der Waals surface area contributed by atoms with Gasteiger partial charge in [-0.3, -0.25) is 0 Å². The molecule has 2 bridgehead atoms. The van der Waals surface area contributed by atoms with Crippen LogP contribution in [0.3, 0.4) is 0 Å². The molecule has 3 aliphatic rings. The Bertz CT molecular complexity index is 335. The van der Waals surface area contributed by atoms with E-state index in [1.165, 1.54) is 37.7 Å². The molecule has 4 rings (SSSR count). The Kier molecular flexibility index (Phi) is 1.93. The van der Waals surface area contributed by atoms with E-state index in [-0.39, 0.29) is 0 Å². The average molecular weight is 202 g/mol. The van der Waals surface area contributed by atoms with E-state index in [1.807, 2.05) is 0 Å². The minimum absolute atomic E-state index is 0.372. The fraction of sp³-hybridized carbons (Fsp3) is 0.571. The highest BCUT2D eigenvalue weighted by molar-refractivity contribution is 5.20. The average Bonchev–Trinajstić information content (AvgIpc) is 2.16. The van der Waals surface area contributed by atoms with Crippen molar-refractivity contribution in [1.29, 1.82) is 0 Å². The molecule has 0 radical (unpaired) electrons. The van der Waals surface area contributed by atoms with Gasteiger partial charge in [0.2, 0.25) is 0 Å². The lowest BCUT2D eigenvalue weighted by atomic mass is 9.34. The van der Waals surface area contributed by atoms with E-state index in [0.717, 1.165) is 0 Å². The molecular weight excluding hydrogens is 184 g/mol. The second-order valence-electron chi connectivity index (χ2n) is 5.67. The fourth-order valence-corrected chi connectivity index (χ4v) is 3.72. The molecule has 80 valence electrons. The molecule has 1 aromatic carbocycles. The summed E-state index contributed by atoms with van der Waals surface area (Å²) in [7, 11) is 0. The smallest absolute Gasteiger partial charge is 0.0488 e. The topological polar surface area (TPSA) is 20.2 Å². The molecule has 0 aliphatic heterocycles. The Labute approximate surface area is 91.1 Å². The standard InChI is InChI=1S/C14H18O/c15-11-14-8-13(9-14,10-14)7-6-12-4-2-1-3-5-12/h1-5,15H,6-11H2. The van der Waals surface area contributed by atoms with Crippen LogP contribution in [0.25, 0.3) is 0 Å². The largest absolute Gasteiger partial charge is 0.396 e. The lowest BCUT2D eigenvalue weighted by Gasteiger charge is -2.71. The molecule has 3 saturated carbocycles. The van der Waals surface area contributed by atoms with Crippen LogP contribution >= 0.6 is 0 Å². The molecule has 1 heteroatoms. The van der Waals surface area contributed by atoms with Crippen LogP contribution in [0, 0.1) is 10.8 Å². The van der Waals surface area contributed by atoms with Gasteiger partial charge >= 0.3 is 0 Å². The van der Waals surface area contributed by atoms with Crippen LogP contribution in [0.2, 0.25) is 0 Å². The van der Waals surface area contributed by atoms with Gasteiger partial charge in [0.05, 0.1) is 0 Å². The van der Waals surface area contributed by atoms with Gasteiger partial charge in [0.15, 0.2) is 0 Å². The highest BCUT2D eigenvalue weighted by Gasteiger charge is 2.66. The van der Waals surface area contributed by atoms with Crippen LogP contribution < -0.4 is 0 Å². The van der Waals surface area contributed by atoms with Crippen molar-refractivity contribution in [3.05, 3.63) is 35.9 Å². The molecule has 0 amide bonds. The maximum atomic E-state index is 9.18. The third kappa shape index (κ3) is 1.41. The first-order valence-electron chi connectivity index (χ1n) is 5.91. The SMILES string of the molecule is OCC12CC(CCc3ccccc3)(C1)C2. The number of aliphatic hydroxyl groups is 1. The summed E-state index contributed by atoms with van der Waals surface area (Å²) in [6.07, 6.45) is 6.37. The number of rotatable bonds is 4. The van der Waals surface area contributed by atoms with E-state index < -0.39 is 0 Å². The van der Waals surface area contributed by atoms with Crippen LogP contribution in [0.5, 0.6) is 0 Å². The zero-order valence-corrected chi connectivity index (χ0v) is 9.08. The van der Waals surface area contributed by atoms with Crippen LogP contribution in [-0.2, 0) is 6.42 Å². The first-order chi connectivity index (χ1) is 7.26. The van der Waals surface area contributed by atoms with Gasteiger partial charge in [-0.05, 0) is 48.5 Å². The molecule has 0 atom stereocenters. The molecule has 0 unspecified atom stereocenters. The van der Waals surface area contributed by atoms with E-state index in [1.54, 1.807) is 0 Å². The van der Waals surface area contributed by atoms with Gasteiger partial charge in [-0.1, -0.05) is 30.3 Å². The van der Waals surface area contributed by atoms with Crippen LogP contribution in [0.4, 0.5) is 0 Å². The lowest BCUT2D eigenvalue weighted by molar-refractivity contribution is -0.226. The third-order valence-corrected chi connectivity index (χ3v) is 4.37. The summed E-state index contributed by atoms with van der Waals surface area (Å²) in [5.41, 5.74) is 2.45. The molecule has 0 spiro atoms. The van der Waals surface area contributed by atoms with E-state index in [9.17, 15) is 5.11 Å². The zero-order valence-electron chi connectivity index (χ0n) is 9.08. The molecule has 15 heavy (non-hydrogen) atoms. The number of aryl methyl sites for hydroxylation is 1. The third-order valence-electron chi connectivity index (χ3n) is 4.37. The molecule has 1 aromatic rings. The fourth-order valence-electron chi connectivity index (χ4n) is 3.72. The second-order valence-corrected chi connectivity index (χ2v) is 5.67. The van der Waals surface area contributed by atoms with Crippen molar-refractivity contribution in [1.82, 2.24) is 0 Å². The van der Waals surface area contributed by atoms with Crippen LogP contribution in [0.15, 0.2) is 30.3 Å². The minimum Gasteiger partial charge on any atom is -0.396 e. The van der Waals surface area contributed by atoms with Gasteiger partial charge < -0.3 is 5.11 Å². The summed E-state index contributed by atoms with van der Waals surface area (Å²) in [6, 6.07) is 10.7. The molecule has 0 heterocycles. The Morgan fingerprint density at radius 3 is 2.27 bits per heavy atom. The van der Waals surface area contributed by atoms with Crippen LogP contribution in [-0.4, -0.2) is 11.7 Å². The van der Waals surface area contributed by atoms with Crippen molar-refractivity contribution in [2.24, 2.45) is 10.8 Å². The van der Waals surface area contributed by atoms with Crippen molar-refractivity contribution < 1.29 is 5.11 Å². The summed E-state index contributed by atoms with van der Waals surface area (Å²) < 4.78 is 0. The maximum Gasteiger partial charge on any atom is 0.0488 e. The van der Waals surface area contributed by atoms with Crippen molar-refractivity contribution in [2.45, 2.75) is 32.1 Å². The van der Waals surface area contributed by atoms with Crippen molar-refractivity contribution in [3.8, 4) is 0 Å². The minimum atomic E-state index is 0.372. The molecule has 0 saturated heterocycles. The first kappa shape index (κ1) is 9.41. The molecule has 1 nitrogen and oxygen atoms in total.